The molecule has 1 amide bonds. The Morgan fingerprint density at radius 3 is 2.36 bits per heavy atom. The second-order valence-electron chi connectivity index (χ2n) is 13.0. The quantitative estimate of drug-likeness (QED) is 0.0679. The van der Waals surface area contributed by atoms with Gasteiger partial charge in [-0.3, -0.25) is 4.79 Å². The standard InChI is InChI=1S/C42H41Cl2N5O4/c1-49(32-16-13-28(14-17-32)42(51)52)25-30-19-37(43)29(20-39(30)53-2)23-47-38-8-4-6-34(36(38)21-45)35-7-3-5-33(41(35)44)27-11-9-26(10-12-27)22-46-24-31-15-18-40(50)48-31/h3-14,16-17,19-21,31,45-47H,15,18,22-25H2,1-2H3,(H,48,50)(H,51,52). The summed E-state index contributed by atoms with van der Waals surface area (Å²) in [6, 6.07) is 30.8. The number of amides is 1. The molecule has 5 N–H and O–H groups in total. The first-order chi connectivity index (χ1) is 25.6. The number of anilines is 2. The number of hydrogen-bond acceptors (Lipinski definition) is 7. The molecule has 53 heavy (non-hydrogen) atoms. The number of benzene rings is 5. The fourth-order valence-electron chi connectivity index (χ4n) is 6.58. The summed E-state index contributed by atoms with van der Waals surface area (Å²) in [5, 5.41) is 28.7. The van der Waals surface area contributed by atoms with Crippen LogP contribution in [-0.4, -0.2) is 49.9 Å². The van der Waals surface area contributed by atoms with E-state index in [9.17, 15) is 14.7 Å². The van der Waals surface area contributed by atoms with Gasteiger partial charge in [-0.2, -0.15) is 0 Å². The zero-order valence-electron chi connectivity index (χ0n) is 29.5. The minimum Gasteiger partial charge on any atom is -0.496 e. The maximum Gasteiger partial charge on any atom is 0.335 e. The maximum absolute atomic E-state index is 11.5. The first-order valence-corrected chi connectivity index (χ1v) is 18.1. The molecule has 0 saturated carbocycles. The summed E-state index contributed by atoms with van der Waals surface area (Å²) in [4.78, 5) is 24.7. The minimum atomic E-state index is -0.967. The zero-order chi connectivity index (χ0) is 37.5. The first kappa shape index (κ1) is 37.4. The van der Waals surface area contributed by atoms with Gasteiger partial charge in [0.05, 0.1) is 17.7 Å². The predicted molar refractivity (Wildman–Crippen MR) is 214 cm³/mol. The van der Waals surface area contributed by atoms with Crippen molar-refractivity contribution in [2.45, 2.75) is 38.5 Å². The molecule has 1 aliphatic rings. The van der Waals surface area contributed by atoms with Gasteiger partial charge in [0.1, 0.15) is 5.75 Å². The van der Waals surface area contributed by atoms with E-state index in [-0.39, 0.29) is 17.5 Å². The first-order valence-electron chi connectivity index (χ1n) is 17.3. The van der Waals surface area contributed by atoms with Crippen molar-refractivity contribution in [3.8, 4) is 28.0 Å². The van der Waals surface area contributed by atoms with Crippen LogP contribution in [0.25, 0.3) is 22.3 Å². The lowest BCUT2D eigenvalue weighted by molar-refractivity contribution is -0.119. The third-order valence-corrected chi connectivity index (χ3v) is 10.2. The van der Waals surface area contributed by atoms with E-state index in [0.717, 1.165) is 63.3 Å². The Balaban J connectivity index is 1.16. The van der Waals surface area contributed by atoms with Crippen molar-refractivity contribution in [1.82, 2.24) is 10.6 Å². The molecule has 0 radical (unpaired) electrons. The summed E-state index contributed by atoms with van der Waals surface area (Å²) < 4.78 is 5.75. The maximum atomic E-state index is 11.5. The number of carboxylic acid groups (broad SMARTS) is 1. The van der Waals surface area contributed by atoms with Crippen LogP contribution in [0.3, 0.4) is 0 Å². The molecule has 0 aromatic heterocycles. The van der Waals surface area contributed by atoms with E-state index in [1.165, 1.54) is 6.21 Å². The number of halogens is 2. The summed E-state index contributed by atoms with van der Waals surface area (Å²) in [6.45, 7) is 2.32. The number of ether oxygens (including phenoxy) is 1. The van der Waals surface area contributed by atoms with E-state index in [1.807, 2.05) is 60.5 Å². The average molecular weight is 751 g/mol. The summed E-state index contributed by atoms with van der Waals surface area (Å²) in [5.74, 6) is -0.172. The third-order valence-electron chi connectivity index (χ3n) is 9.49. The molecular weight excluding hydrogens is 709 g/mol. The molecule has 0 bridgehead atoms. The van der Waals surface area contributed by atoms with Crippen LogP contribution in [-0.2, 0) is 24.4 Å². The molecule has 1 fully saturated rings. The largest absolute Gasteiger partial charge is 0.496 e. The van der Waals surface area contributed by atoms with Gasteiger partial charge in [-0.15, -0.1) is 0 Å². The van der Waals surface area contributed by atoms with E-state index in [2.05, 4.69) is 40.2 Å². The van der Waals surface area contributed by atoms with Crippen LogP contribution in [0.5, 0.6) is 5.75 Å². The second kappa shape index (κ2) is 17.0. The van der Waals surface area contributed by atoms with Gasteiger partial charge in [-0.1, -0.05) is 77.8 Å². The lowest BCUT2D eigenvalue weighted by Gasteiger charge is -2.22. The highest BCUT2D eigenvalue weighted by Gasteiger charge is 2.20. The number of nitrogens with zero attached hydrogens (tertiary/aromatic N) is 1. The molecule has 11 heteroatoms. The highest BCUT2D eigenvalue weighted by atomic mass is 35.5. The van der Waals surface area contributed by atoms with E-state index >= 15 is 0 Å². The summed E-state index contributed by atoms with van der Waals surface area (Å²) in [7, 11) is 3.54. The SMILES string of the molecule is COc1cc(CNc2cccc(-c3cccc(-c4ccc(CNCC5CCC(=O)N5)cc4)c3Cl)c2C=N)c(Cl)cc1CN(C)c1ccc(C(=O)O)cc1. The molecule has 5 aromatic rings. The molecule has 6 rings (SSSR count). The van der Waals surface area contributed by atoms with E-state index in [0.29, 0.717) is 47.4 Å². The monoisotopic (exact) mass is 749 g/mol. The Bertz CT molecular complexity index is 2120. The number of aromatic carboxylic acids is 1. The zero-order valence-corrected chi connectivity index (χ0v) is 31.0. The minimum absolute atomic E-state index is 0.121. The molecule has 0 aliphatic carbocycles. The number of carbonyl (C=O) groups is 2. The molecule has 5 aromatic carbocycles. The normalized spacial score (nSPS) is 13.7. The Kier molecular flexibility index (Phi) is 12.0. The number of hydrogen-bond donors (Lipinski definition) is 5. The summed E-state index contributed by atoms with van der Waals surface area (Å²) in [6.07, 6.45) is 2.80. The van der Waals surface area contributed by atoms with Gasteiger partial charge in [-0.05, 0) is 71.1 Å². The molecule has 272 valence electrons. The van der Waals surface area contributed by atoms with Gasteiger partial charge in [0, 0.05) is 90.6 Å². The van der Waals surface area contributed by atoms with Crippen LogP contribution >= 0.6 is 23.2 Å². The Morgan fingerprint density at radius 1 is 0.962 bits per heavy atom. The van der Waals surface area contributed by atoms with E-state index in [1.54, 1.807) is 31.4 Å². The van der Waals surface area contributed by atoms with Crippen LogP contribution in [0.1, 0.15) is 45.5 Å². The van der Waals surface area contributed by atoms with Gasteiger partial charge < -0.3 is 36.1 Å². The fourth-order valence-corrected chi connectivity index (χ4v) is 7.17. The van der Waals surface area contributed by atoms with Crippen molar-refractivity contribution < 1.29 is 19.4 Å². The van der Waals surface area contributed by atoms with Crippen LogP contribution < -0.4 is 25.6 Å². The van der Waals surface area contributed by atoms with Crippen molar-refractivity contribution in [1.29, 1.82) is 5.41 Å². The van der Waals surface area contributed by atoms with Crippen molar-refractivity contribution in [2.24, 2.45) is 0 Å². The average Bonchev–Trinajstić information content (AvgIpc) is 3.59. The Morgan fingerprint density at radius 2 is 1.68 bits per heavy atom. The van der Waals surface area contributed by atoms with Gasteiger partial charge in [0.15, 0.2) is 0 Å². The van der Waals surface area contributed by atoms with Crippen LogP contribution in [0.4, 0.5) is 11.4 Å². The lowest BCUT2D eigenvalue weighted by atomic mass is 9.94. The van der Waals surface area contributed by atoms with Crippen LogP contribution in [0.15, 0.2) is 97.1 Å². The number of methoxy groups -OCH3 is 1. The highest BCUT2D eigenvalue weighted by molar-refractivity contribution is 6.36. The van der Waals surface area contributed by atoms with Gasteiger partial charge >= 0.3 is 5.97 Å². The molecule has 0 spiro atoms. The molecule has 1 saturated heterocycles. The number of carbonyl (C=O) groups excluding carboxylic acids is 1. The van der Waals surface area contributed by atoms with Crippen molar-refractivity contribution in [3.05, 3.63) is 135 Å². The molecular formula is C42H41Cl2N5O4. The molecule has 1 atom stereocenters. The lowest BCUT2D eigenvalue weighted by Crippen LogP contribution is -2.35. The Hall–Kier alpha value is -5.35. The Labute approximate surface area is 319 Å². The smallest absolute Gasteiger partial charge is 0.335 e. The summed E-state index contributed by atoms with van der Waals surface area (Å²) in [5.41, 5.74) is 8.92. The molecule has 1 unspecified atom stereocenters. The molecule has 1 heterocycles. The van der Waals surface area contributed by atoms with Gasteiger partial charge in [0.25, 0.3) is 0 Å². The van der Waals surface area contributed by atoms with Crippen LogP contribution in [0.2, 0.25) is 10.0 Å². The second-order valence-corrected chi connectivity index (χ2v) is 13.8. The highest BCUT2D eigenvalue weighted by Crippen LogP contribution is 2.39. The number of rotatable bonds is 15. The van der Waals surface area contributed by atoms with Crippen molar-refractivity contribution >= 4 is 52.7 Å². The summed E-state index contributed by atoms with van der Waals surface area (Å²) >= 11 is 13.9. The van der Waals surface area contributed by atoms with Gasteiger partial charge in [-0.25, -0.2) is 4.79 Å². The van der Waals surface area contributed by atoms with E-state index < -0.39 is 5.97 Å². The van der Waals surface area contributed by atoms with Crippen molar-refractivity contribution in [3.63, 3.8) is 0 Å². The number of nitrogens with one attached hydrogen (secondary N) is 4. The van der Waals surface area contributed by atoms with Crippen molar-refractivity contribution in [2.75, 3.05) is 30.9 Å². The van der Waals surface area contributed by atoms with E-state index in [4.69, 9.17) is 33.3 Å². The molecule has 1 aliphatic heterocycles. The van der Waals surface area contributed by atoms with Gasteiger partial charge in [0.2, 0.25) is 5.91 Å². The molecule has 9 nitrogen and oxygen atoms in total. The number of carboxylic acids is 1. The topological polar surface area (TPSA) is 127 Å². The third kappa shape index (κ3) is 8.83. The predicted octanol–water partition coefficient (Wildman–Crippen LogP) is 8.65. The fraction of sp³-hybridized carbons (Fsp3) is 0.214. The van der Waals surface area contributed by atoms with Crippen LogP contribution in [0, 0.1) is 5.41 Å².